The molecule has 0 aliphatic heterocycles. The molecule has 0 aromatic heterocycles. The molecule has 31 heavy (non-hydrogen) atoms. The summed E-state index contributed by atoms with van der Waals surface area (Å²) in [5.74, 6) is -0.425. The van der Waals surface area contributed by atoms with Crippen molar-refractivity contribution in [2.24, 2.45) is 0 Å². The van der Waals surface area contributed by atoms with Crippen molar-refractivity contribution in [3.05, 3.63) is 71.8 Å². The summed E-state index contributed by atoms with van der Waals surface area (Å²) in [5, 5.41) is 0. The molecule has 1 unspecified atom stereocenters. The van der Waals surface area contributed by atoms with E-state index in [2.05, 4.69) is 9.64 Å². The van der Waals surface area contributed by atoms with Crippen LogP contribution in [0.4, 0.5) is 4.39 Å². The summed E-state index contributed by atoms with van der Waals surface area (Å²) in [7, 11) is 1.31. The average Bonchev–Trinajstić information content (AvgIpc) is 2.79. The lowest BCUT2D eigenvalue weighted by molar-refractivity contribution is -0.146. The maximum atomic E-state index is 14.6. The van der Waals surface area contributed by atoms with Gasteiger partial charge in [-0.2, -0.15) is 0 Å². The van der Waals surface area contributed by atoms with Crippen LogP contribution in [-0.2, 0) is 36.8 Å². The number of hydrogen-bond donors (Lipinski definition) is 0. The number of nitrogens with zero attached hydrogens (tertiary/aromatic N) is 1. The fourth-order valence-corrected chi connectivity index (χ4v) is 2.96. The Hall–Kier alpha value is -2.32. The normalized spacial score (nSPS) is 12.1. The summed E-state index contributed by atoms with van der Waals surface area (Å²) >= 11 is 0. The molecule has 7 heteroatoms. The number of ether oxygens (including phenoxy) is 4. The van der Waals surface area contributed by atoms with E-state index in [1.807, 2.05) is 60.7 Å². The van der Waals surface area contributed by atoms with Crippen molar-refractivity contribution >= 4 is 5.97 Å². The van der Waals surface area contributed by atoms with Crippen LogP contribution < -0.4 is 0 Å². The molecule has 0 heterocycles. The fourth-order valence-electron chi connectivity index (χ4n) is 2.96. The Morgan fingerprint density at radius 2 is 1.35 bits per heavy atom. The van der Waals surface area contributed by atoms with Crippen molar-refractivity contribution < 1.29 is 28.1 Å². The summed E-state index contributed by atoms with van der Waals surface area (Å²) < 4.78 is 34.9. The van der Waals surface area contributed by atoms with Crippen LogP contribution in [0.1, 0.15) is 11.1 Å². The molecule has 0 amide bonds. The van der Waals surface area contributed by atoms with E-state index in [4.69, 9.17) is 14.2 Å². The molecule has 0 saturated heterocycles. The average molecular weight is 434 g/mol. The highest BCUT2D eigenvalue weighted by Gasteiger charge is 2.15. The number of carbonyl (C=O) groups excluding carboxylic acids is 1. The molecule has 0 spiro atoms. The zero-order valence-corrected chi connectivity index (χ0v) is 18.1. The Balaban J connectivity index is 1.65. The lowest BCUT2D eigenvalue weighted by atomic mass is 10.1. The van der Waals surface area contributed by atoms with Gasteiger partial charge in [0.05, 0.1) is 40.1 Å². The van der Waals surface area contributed by atoms with Crippen LogP contribution in [0, 0.1) is 0 Å². The monoisotopic (exact) mass is 433 g/mol. The second-order valence-corrected chi connectivity index (χ2v) is 7.05. The van der Waals surface area contributed by atoms with Crippen LogP contribution in [0.3, 0.4) is 0 Å². The van der Waals surface area contributed by atoms with Gasteiger partial charge in [0, 0.05) is 19.6 Å². The van der Waals surface area contributed by atoms with Gasteiger partial charge in [-0.3, -0.25) is 4.90 Å². The Bertz CT molecular complexity index is 675. The molecule has 2 aromatic carbocycles. The summed E-state index contributed by atoms with van der Waals surface area (Å²) in [5.41, 5.74) is 2.30. The molecule has 1 atom stereocenters. The van der Waals surface area contributed by atoms with E-state index in [-0.39, 0.29) is 26.4 Å². The van der Waals surface area contributed by atoms with E-state index in [0.717, 1.165) is 11.1 Å². The second kappa shape index (κ2) is 15.5. The van der Waals surface area contributed by atoms with E-state index < -0.39 is 12.1 Å². The first kappa shape index (κ1) is 24.9. The van der Waals surface area contributed by atoms with Crippen molar-refractivity contribution in [1.29, 1.82) is 0 Å². The first-order valence-corrected chi connectivity index (χ1v) is 10.4. The molecular formula is C24H32FNO5. The van der Waals surface area contributed by atoms with Gasteiger partial charge in [-0.1, -0.05) is 60.7 Å². The van der Waals surface area contributed by atoms with Crippen LogP contribution in [0.5, 0.6) is 0 Å². The largest absolute Gasteiger partial charge is 0.467 e. The van der Waals surface area contributed by atoms with Gasteiger partial charge >= 0.3 is 5.97 Å². The highest BCUT2D eigenvalue weighted by Crippen LogP contribution is 2.12. The third kappa shape index (κ3) is 11.6. The Morgan fingerprint density at radius 3 is 1.90 bits per heavy atom. The number of methoxy groups -OCH3 is 1. The lowest BCUT2D eigenvalue weighted by Crippen LogP contribution is -2.32. The number of alkyl halides is 1. The van der Waals surface area contributed by atoms with Crippen molar-refractivity contribution in [1.82, 2.24) is 4.90 Å². The topological polar surface area (TPSA) is 57.2 Å². The SMILES string of the molecule is COC(=O)COCCOCCOCC(F)CN(Cc1ccccc1)Cc1ccccc1. The number of carbonyl (C=O) groups is 1. The molecular weight excluding hydrogens is 401 g/mol. The lowest BCUT2D eigenvalue weighted by Gasteiger charge is -2.24. The molecule has 0 aliphatic carbocycles. The molecule has 2 aromatic rings. The number of benzene rings is 2. The quantitative estimate of drug-likeness (QED) is 0.299. The van der Waals surface area contributed by atoms with E-state index in [1.165, 1.54) is 7.11 Å². The number of halogens is 1. The summed E-state index contributed by atoms with van der Waals surface area (Å²) in [6, 6.07) is 20.1. The number of rotatable bonds is 16. The Morgan fingerprint density at radius 1 is 0.839 bits per heavy atom. The molecule has 0 N–H and O–H groups in total. The van der Waals surface area contributed by atoms with Gasteiger partial charge in [-0.05, 0) is 11.1 Å². The van der Waals surface area contributed by atoms with Crippen molar-refractivity contribution in [2.45, 2.75) is 19.3 Å². The Kier molecular flexibility index (Phi) is 12.5. The predicted molar refractivity (Wildman–Crippen MR) is 116 cm³/mol. The maximum absolute atomic E-state index is 14.6. The molecule has 0 saturated carbocycles. The zero-order valence-electron chi connectivity index (χ0n) is 18.1. The van der Waals surface area contributed by atoms with Gasteiger partial charge in [0.2, 0.25) is 0 Å². The summed E-state index contributed by atoms with van der Waals surface area (Å²) in [6.45, 7) is 2.81. The third-order valence-corrected chi connectivity index (χ3v) is 4.44. The molecule has 0 bridgehead atoms. The van der Waals surface area contributed by atoms with Crippen molar-refractivity contribution in [2.75, 3.05) is 53.3 Å². The highest BCUT2D eigenvalue weighted by molar-refractivity contribution is 5.70. The van der Waals surface area contributed by atoms with Gasteiger partial charge in [0.15, 0.2) is 0 Å². The van der Waals surface area contributed by atoms with Crippen molar-refractivity contribution in [3.63, 3.8) is 0 Å². The predicted octanol–water partition coefficient (Wildman–Crippen LogP) is 3.25. The van der Waals surface area contributed by atoms with Gasteiger partial charge in [-0.25, -0.2) is 9.18 Å². The van der Waals surface area contributed by atoms with Crippen LogP contribution in [0.25, 0.3) is 0 Å². The second-order valence-electron chi connectivity index (χ2n) is 7.05. The van der Waals surface area contributed by atoms with E-state index in [9.17, 15) is 9.18 Å². The summed E-state index contributed by atoms with van der Waals surface area (Å²) in [6.07, 6.45) is -1.10. The minimum absolute atomic E-state index is 0.0162. The number of esters is 1. The fraction of sp³-hybridized carbons (Fsp3) is 0.458. The standard InChI is InChI=1S/C24H32FNO5/c1-28-24(27)20-31-15-13-29-12-14-30-19-23(25)18-26(16-21-8-4-2-5-9-21)17-22-10-6-3-7-11-22/h2-11,23H,12-20H2,1H3. The van der Waals surface area contributed by atoms with E-state index >= 15 is 0 Å². The first-order valence-electron chi connectivity index (χ1n) is 10.4. The van der Waals surface area contributed by atoms with Gasteiger partial charge < -0.3 is 18.9 Å². The molecule has 0 fully saturated rings. The Labute approximate surface area is 183 Å². The molecule has 2 rings (SSSR count). The van der Waals surface area contributed by atoms with Crippen LogP contribution in [0.2, 0.25) is 0 Å². The molecule has 0 aliphatic rings. The van der Waals surface area contributed by atoms with E-state index in [1.54, 1.807) is 0 Å². The van der Waals surface area contributed by atoms with Crippen LogP contribution >= 0.6 is 0 Å². The minimum atomic E-state index is -1.10. The minimum Gasteiger partial charge on any atom is -0.467 e. The molecule has 6 nitrogen and oxygen atoms in total. The van der Waals surface area contributed by atoms with Crippen molar-refractivity contribution in [3.8, 4) is 0 Å². The summed E-state index contributed by atoms with van der Waals surface area (Å²) in [4.78, 5) is 13.0. The third-order valence-electron chi connectivity index (χ3n) is 4.44. The van der Waals surface area contributed by atoms with Gasteiger partial charge in [-0.15, -0.1) is 0 Å². The molecule has 170 valence electrons. The first-order chi connectivity index (χ1) is 15.2. The molecule has 0 radical (unpaired) electrons. The van der Waals surface area contributed by atoms with Gasteiger partial charge in [0.25, 0.3) is 0 Å². The van der Waals surface area contributed by atoms with Crippen LogP contribution in [0.15, 0.2) is 60.7 Å². The van der Waals surface area contributed by atoms with E-state index in [0.29, 0.717) is 32.9 Å². The van der Waals surface area contributed by atoms with Gasteiger partial charge in [0.1, 0.15) is 12.8 Å². The number of hydrogen-bond acceptors (Lipinski definition) is 6. The van der Waals surface area contributed by atoms with Crippen LogP contribution in [-0.4, -0.2) is 70.3 Å². The smallest absolute Gasteiger partial charge is 0.331 e. The zero-order chi connectivity index (χ0) is 22.2. The maximum Gasteiger partial charge on any atom is 0.331 e. The highest BCUT2D eigenvalue weighted by atomic mass is 19.1.